The van der Waals surface area contributed by atoms with E-state index in [4.69, 9.17) is 27.9 Å². The average molecular weight is 328 g/mol. The van der Waals surface area contributed by atoms with Gasteiger partial charge in [0.05, 0.1) is 12.1 Å². The van der Waals surface area contributed by atoms with Gasteiger partial charge in [0.1, 0.15) is 5.82 Å². The summed E-state index contributed by atoms with van der Waals surface area (Å²) in [5, 5.41) is 3.46. The van der Waals surface area contributed by atoms with E-state index in [0.29, 0.717) is 16.3 Å². The highest BCUT2D eigenvalue weighted by molar-refractivity contribution is 6.31. The fourth-order valence-corrected chi connectivity index (χ4v) is 2.21. The second-order valence-electron chi connectivity index (χ2n) is 4.28. The number of hydrogen-bond donors (Lipinski definition) is 1. The minimum absolute atomic E-state index is 0.0608. The van der Waals surface area contributed by atoms with Gasteiger partial charge in [-0.15, -0.1) is 0 Å². The largest absolute Gasteiger partial charge is 0.467 e. The van der Waals surface area contributed by atoms with Crippen LogP contribution >= 0.6 is 23.2 Å². The average Bonchev–Trinajstić information content (AvgIpc) is 2.47. The molecule has 110 valence electrons. The summed E-state index contributed by atoms with van der Waals surface area (Å²) in [6.07, 6.45) is 0. The van der Waals surface area contributed by atoms with E-state index in [9.17, 15) is 9.18 Å². The Bertz CT molecular complexity index is 664. The molecule has 0 spiro atoms. The lowest BCUT2D eigenvalue weighted by atomic mass is 10.1. The summed E-state index contributed by atoms with van der Waals surface area (Å²) in [5.41, 5.74) is 1.13. The third-order valence-corrected chi connectivity index (χ3v) is 3.37. The first-order chi connectivity index (χ1) is 10.0. The molecule has 1 N–H and O–H groups in total. The lowest BCUT2D eigenvalue weighted by Gasteiger charge is -2.18. The molecule has 2 rings (SSSR count). The fraction of sp³-hybridized carbons (Fsp3) is 0.133. The van der Waals surface area contributed by atoms with Crippen molar-refractivity contribution in [1.29, 1.82) is 0 Å². The summed E-state index contributed by atoms with van der Waals surface area (Å²) in [7, 11) is 1.28. The maximum absolute atomic E-state index is 13.2. The summed E-state index contributed by atoms with van der Waals surface area (Å²) >= 11 is 11.7. The van der Waals surface area contributed by atoms with Crippen LogP contribution in [0.4, 0.5) is 10.1 Å². The van der Waals surface area contributed by atoms with Crippen LogP contribution in [0.15, 0.2) is 42.5 Å². The summed E-state index contributed by atoms with van der Waals surface area (Å²) in [6.45, 7) is 0. The normalized spacial score (nSPS) is 11.8. The first-order valence-corrected chi connectivity index (χ1v) is 6.81. The Balaban J connectivity index is 2.34. The molecule has 0 aromatic heterocycles. The Morgan fingerprint density at radius 3 is 2.62 bits per heavy atom. The topological polar surface area (TPSA) is 38.3 Å². The number of rotatable bonds is 4. The smallest absolute Gasteiger partial charge is 0.332 e. The predicted molar refractivity (Wildman–Crippen MR) is 81.2 cm³/mol. The number of methoxy groups -OCH3 is 1. The van der Waals surface area contributed by atoms with Crippen LogP contribution in [0.3, 0.4) is 0 Å². The number of benzene rings is 2. The van der Waals surface area contributed by atoms with Gasteiger partial charge >= 0.3 is 5.97 Å². The lowest BCUT2D eigenvalue weighted by molar-refractivity contribution is -0.141. The molecule has 0 aliphatic carbocycles. The van der Waals surface area contributed by atoms with Gasteiger partial charge in [0.25, 0.3) is 0 Å². The van der Waals surface area contributed by atoms with Crippen molar-refractivity contribution in [2.45, 2.75) is 6.04 Å². The van der Waals surface area contributed by atoms with Crippen LogP contribution in [0.5, 0.6) is 0 Å². The third-order valence-electron chi connectivity index (χ3n) is 2.85. The maximum Gasteiger partial charge on any atom is 0.332 e. The van der Waals surface area contributed by atoms with Gasteiger partial charge in [-0.1, -0.05) is 35.3 Å². The van der Waals surface area contributed by atoms with Gasteiger partial charge in [-0.3, -0.25) is 0 Å². The Kier molecular flexibility index (Phi) is 5.04. The molecule has 0 saturated carbocycles. The fourth-order valence-electron chi connectivity index (χ4n) is 1.83. The molecule has 0 amide bonds. The molecule has 21 heavy (non-hydrogen) atoms. The molecule has 0 radical (unpaired) electrons. The number of carbonyl (C=O) groups is 1. The molecule has 0 heterocycles. The highest BCUT2D eigenvalue weighted by Crippen LogP contribution is 2.26. The number of carbonyl (C=O) groups excluding carboxylic acids is 1. The van der Waals surface area contributed by atoms with Crippen molar-refractivity contribution in [2.75, 3.05) is 12.4 Å². The Labute approximate surface area is 131 Å². The van der Waals surface area contributed by atoms with Crippen LogP contribution in [0, 0.1) is 5.82 Å². The monoisotopic (exact) mass is 327 g/mol. The Morgan fingerprint density at radius 1 is 1.24 bits per heavy atom. The first kappa shape index (κ1) is 15.6. The van der Waals surface area contributed by atoms with E-state index in [0.717, 1.165) is 0 Å². The molecular formula is C15H12Cl2FNO2. The van der Waals surface area contributed by atoms with Crippen molar-refractivity contribution in [3.05, 3.63) is 63.9 Å². The summed E-state index contributed by atoms with van der Waals surface area (Å²) in [5.74, 6) is -1.07. The van der Waals surface area contributed by atoms with Crippen molar-refractivity contribution < 1.29 is 13.9 Å². The summed E-state index contributed by atoms with van der Waals surface area (Å²) in [6, 6.07) is 10.1. The van der Waals surface area contributed by atoms with E-state index < -0.39 is 17.8 Å². The van der Waals surface area contributed by atoms with E-state index >= 15 is 0 Å². The number of anilines is 1. The standard InChI is InChI=1S/C15H12Cl2FNO2/c1-21-15(20)14(9-5-6-13(18)12(17)7-9)19-11-4-2-3-10(16)8-11/h2-8,14,19H,1H3. The number of ether oxygens (including phenoxy) is 1. The molecule has 2 aromatic rings. The second kappa shape index (κ2) is 6.78. The SMILES string of the molecule is COC(=O)C(Nc1cccc(Cl)c1)c1ccc(F)c(Cl)c1. The molecule has 6 heteroatoms. The molecule has 1 atom stereocenters. The molecular weight excluding hydrogens is 316 g/mol. The number of hydrogen-bond acceptors (Lipinski definition) is 3. The van der Waals surface area contributed by atoms with Crippen molar-refractivity contribution in [1.82, 2.24) is 0 Å². The Hall–Kier alpha value is -1.78. The van der Waals surface area contributed by atoms with Crippen molar-refractivity contribution in [3.63, 3.8) is 0 Å². The van der Waals surface area contributed by atoms with Gasteiger partial charge in [-0.25, -0.2) is 9.18 Å². The zero-order valence-electron chi connectivity index (χ0n) is 11.1. The van der Waals surface area contributed by atoms with E-state index in [1.165, 1.54) is 25.3 Å². The number of esters is 1. The van der Waals surface area contributed by atoms with Crippen LogP contribution in [-0.4, -0.2) is 13.1 Å². The summed E-state index contributed by atoms with van der Waals surface area (Å²) < 4.78 is 18.0. The van der Waals surface area contributed by atoms with Crippen molar-refractivity contribution in [2.24, 2.45) is 0 Å². The molecule has 0 saturated heterocycles. The molecule has 3 nitrogen and oxygen atoms in total. The van der Waals surface area contributed by atoms with Crippen LogP contribution in [0.2, 0.25) is 10.0 Å². The highest BCUT2D eigenvalue weighted by Gasteiger charge is 2.22. The summed E-state index contributed by atoms with van der Waals surface area (Å²) in [4.78, 5) is 11.9. The van der Waals surface area contributed by atoms with Crippen molar-refractivity contribution >= 4 is 34.9 Å². The van der Waals surface area contributed by atoms with E-state index in [1.54, 1.807) is 24.3 Å². The highest BCUT2D eigenvalue weighted by atomic mass is 35.5. The predicted octanol–water partition coefficient (Wildman–Crippen LogP) is 4.46. The van der Waals surface area contributed by atoms with E-state index in [-0.39, 0.29) is 5.02 Å². The minimum Gasteiger partial charge on any atom is -0.467 e. The Morgan fingerprint density at radius 2 is 2.00 bits per heavy atom. The number of nitrogens with one attached hydrogen (secondary N) is 1. The van der Waals surface area contributed by atoms with Crippen molar-refractivity contribution in [3.8, 4) is 0 Å². The van der Waals surface area contributed by atoms with Crippen LogP contribution in [-0.2, 0) is 9.53 Å². The molecule has 2 aromatic carbocycles. The maximum atomic E-state index is 13.2. The van der Waals surface area contributed by atoms with Gasteiger partial charge in [-0.05, 0) is 35.9 Å². The zero-order valence-corrected chi connectivity index (χ0v) is 12.6. The van der Waals surface area contributed by atoms with Crippen LogP contribution in [0.25, 0.3) is 0 Å². The molecule has 0 aliphatic rings. The van der Waals surface area contributed by atoms with Crippen LogP contribution in [0.1, 0.15) is 11.6 Å². The second-order valence-corrected chi connectivity index (χ2v) is 5.13. The zero-order chi connectivity index (χ0) is 15.4. The van der Waals surface area contributed by atoms with E-state index in [1.807, 2.05) is 0 Å². The molecule has 0 aliphatic heterocycles. The van der Waals surface area contributed by atoms with Gasteiger partial charge in [0.15, 0.2) is 6.04 Å². The van der Waals surface area contributed by atoms with E-state index in [2.05, 4.69) is 5.32 Å². The van der Waals surface area contributed by atoms with Gasteiger partial charge in [0, 0.05) is 10.7 Å². The quantitative estimate of drug-likeness (QED) is 0.842. The number of halogens is 3. The molecule has 0 bridgehead atoms. The van der Waals surface area contributed by atoms with Gasteiger partial charge < -0.3 is 10.1 Å². The molecule has 1 unspecified atom stereocenters. The van der Waals surface area contributed by atoms with Gasteiger partial charge in [0.2, 0.25) is 0 Å². The van der Waals surface area contributed by atoms with Gasteiger partial charge in [-0.2, -0.15) is 0 Å². The lowest BCUT2D eigenvalue weighted by Crippen LogP contribution is -2.22. The van der Waals surface area contributed by atoms with Crippen LogP contribution < -0.4 is 5.32 Å². The first-order valence-electron chi connectivity index (χ1n) is 6.06. The third kappa shape index (κ3) is 3.86. The molecule has 0 fully saturated rings. The minimum atomic E-state index is -0.813.